The summed E-state index contributed by atoms with van der Waals surface area (Å²) < 4.78 is 0. The van der Waals surface area contributed by atoms with Gasteiger partial charge in [0.25, 0.3) is 0 Å². The molecule has 1 amide bonds. The number of anilines is 2. The average molecular weight is 419 g/mol. The van der Waals surface area contributed by atoms with Crippen molar-refractivity contribution in [3.8, 4) is 11.3 Å². The highest BCUT2D eigenvalue weighted by atomic mass is 16.1. The van der Waals surface area contributed by atoms with E-state index in [1.807, 2.05) is 6.07 Å². The summed E-state index contributed by atoms with van der Waals surface area (Å²) in [5.41, 5.74) is 12.2. The predicted molar refractivity (Wildman–Crippen MR) is 125 cm³/mol. The highest BCUT2D eigenvalue weighted by molar-refractivity contribution is 5.91. The van der Waals surface area contributed by atoms with Crippen molar-refractivity contribution in [3.63, 3.8) is 0 Å². The van der Waals surface area contributed by atoms with Crippen LogP contribution in [0.4, 0.5) is 11.5 Å². The summed E-state index contributed by atoms with van der Waals surface area (Å²) in [6.45, 7) is 0. The summed E-state index contributed by atoms with van der Waals surface area (Å²) in [6, 6.07) is 6.11. The van der Waals surface area contributed by atoms with Crippen LogP contribution in [-0.4, -0.2) is 15.9 Å². The molecule has 5 rings (SSSR count). The number of fused-ring (bicyclic) bond motifs is 3. The van der Waals surface area contributed by atoms with Gasteiger partial charge >= 0.3 is 0 Å². The number of nitrogens with two attached hydrogens (primary N) is 1. The van der Waals surface area contributed by atoms with Gasteiger partial charge in [0.05, 0.1) is 17.1 Å². The zero-order chi connectivity index (χ0) is 21.2. The lowest BCUT2D eigenvalue weighted by atomic mass is 9.85. The second-order valence-electron chi connectivity index (χ2n) is 9.76. The van der Waals surface area contributed by atoms with Crippen molar-refractivity contribution in [1.29, 1.82) is 0 Å². The number of nitrogens with one attached hydrogen (secondary N) is 1. The third kappa shape index (κ3) is 4.46. The lowest BCUT2D eigenvalue weighted by molar-refractivity contribution is -0.117. The highest BCUT2D eigenvalue weighted by Gasteiger charge is 2.27. The number of hydrogen-bond donors (Lipinski definition) is 2. The van der Waals surface area contributed by atoms with Crippen LogP contribution >= 0.6 is 0 Å². The first-order valence-corrected chi connectivity index (χ1v) is 12.3. The third-order valence-corrected chi connectivity index (χ3v) is 7.46. The predicted octanol–water partition coefficient (Wildman–Crippen LogP) is 5.78. The molecule has 2 aromatic rings. The number of hydrogen-bond acceptors (Lipinski definition) is 4. The Kier molecular flexibility index (Phi) is 5.93. The van der Waals surface area contributed by atoms with Crippen molar-refractivity contribution < 1.29 is 4.79 Å². The van der Waals surface area contributed by atoms with E-state index in [1.165, 1.54) is 56.9 Å². The number of amides is 1. The molecule has 5 heteroatoms. The lowest BCUT2D eigenvalue weighted by Gasteiger charge is -2.27. The number of nitrogens with zero attached hydrogens (tertiary/aromatic N) is 2. The van der Waals surface area contributed by atoms with E-state index in [4.69, 9.17) is 15.7 Å². The Morgan fingerprint density at radius 3 is 2.48 bits per heavy atom. The summed E-state index contributed by atoms with van der Waals surface area (Å²) in [7, 11) is 0. The number of nitrogen functional groups attached to an aromatic ring is 1. The van der Waals surface area contributed by atoms with Gasteiger partial charge < -0.3 is 11.1 Å². The molecule has 3 N–H and O–H groups in total. The maximum atomic E-state index is 12.9. The minimum atomic E-state index is 0.113. The number of aromatic nitrogens is 2. The molecule has 3 aliphatic carbocycles. The molecule has 2 saturated carbocycles. The van der Waals surface area contributed by atoms with Crippen LogP contribution in [0.25, 0.3) is 11.3 Å². The monoisotopic (exact) mass is 418 g/mol. The van der Waals surface area contributed by atoms with Gasteiger partial charge in [-0.1, -0.05) is 44.6 Å². The van der Waals surface area contributed by atoms with Crippen molar-refractivity contribution in [2.45, 2.75) is 89.4 Å². The summed E-state index contributed by atoms with van der Waals surface area (Å²) in [5, 5.41) is 3.21. The van der Waals surface area contributed by atoms with E-state index in [1.54, 1.807) is 0 Å². The van der Waals surface area contributed by atoms with E-state index < -0.39 is 0 Å². The van der Waals surface area contributed by atoms with Crippen LogP contribution in [0.1, 0.15) is 93.5 Å². The van der Waals surface area contributed by atoms with Gasteiger partial charge in [-0.25, -0.2) is 9.97 Å². The number of carbonyl (C=O) groups excluding carboxylic acids is 1. The van der Waals surface area contributed by atoms with E-state index in [-0.39, 0.29) is 5.91 Å². The minimum Gasteiger partial charge on any atom is -0.399 e. The second-order valence-corrected chi connectivity index (χ2v) is 9.76. The Morgan fingerprint density at radius 2 is 1.71 bits per heavy atom. The van der Waals surface area contributed by atoms with Crippen molar-refractivity contribution >= 4 is 17.4 Å². The molecule has 0 radical (unpaired) electrons. The van der Waals surface area contributed by atoms with Crippen LogP contribution in [0.3, 0.4) is 0 Å². The van der Waals surface area contributed by atoms with Gasteiger partial charge in [-0.15, -0.1) is 0 Å². The highest BCUT2D eigenvalue weighted by Crippen LogP contribution is 2.39. The van der Waals surface area contributed by atoms with Crippen molar-refractivity contribution in [1.82, 2.24) is 9.97 Å². The normalized spacial score (nSPS) is 19.5. The Labute approximate surface area is 185 Å². The largest absolute Gasteiger partial charge is 0.399 e. The first-order chi connectivity index (χ1) is 15.2. The van der Waals surface area contributed by atoms with Gasteiger partial charge in [-0.05, 0) is 62.1 Å². The first kappa shape index (κ1) is 20.5. The number of rotatable bonds is 4. The Morgan fingerprint density at radius 1 is 0.968 bits per heavy atom. The molecule has 0 spiro atoms. The molecule has 0 unspecified atom stereocenters. The van der Waals surface area contributed by atoms with Crippen LogP contribution in [0.15, 0.2) is 18.2 Å². The molecule has 0 saturated heterocycles. The van der Waals surface area contributed by atoms with Gasteiger partial charge in [-0.3, -0.25) is 4.79 Å². The van der Waals surface area contributed by atoms with Gasteiger partial charge in [0.2, 0.25) is 5.91 Å². The fraction of sp³-hybridized carbons (Fsp3) is 0.577. The van der Waals surface area contributed by atoms with E-state index >= 15 is 0 Å². The fourth-order valence-electron chi connectivity index (χ4n) is 5.77. The van der Waals surface area contributed by atoms with Crippen molar-refractivity contribution in [2.75, 3.05) is 11.1 Å². The van der Waals surface area contributed by atoms with E-state index in [2.05, 4.69) is 17.4 Å². The van der Waals surface area contributed by atoms with Crippen LogP contribution in [0.5, 0.6) is 0 Å². The molecule has 0 atom stereocenters. The third-order valence-electron chi connectivity index (χ3n) is 7.46. The molecule has 0 aliphatic heterocycles. The molecule has 31 heavy (non-hydrogen) atoms. The SMILES string of the molecule is Nc1ccc2c(c1)CCc1nc(NC(=O)CC3CCCCC3)c(C3CCCCC3)nc1-2. The van der Waals surface area contributed by atoms with Crippen LogP contribution < -0.4 is 11.1 Å². The number of benzene rings is 1. The Hall–Kier alpha value is -2.43. The van der Waals surface area contributed by atoms with Crippen molar-refractivity contribution in [3.05, 3.63) is 35.2 Å². The van der Waals surface area contributed by atoms with E-state index in [9.17, 15) is 4.79 Å². The molecule has 1 aromatic heterocycles. The zero-order valence-electron chi connectivity index (χ0n) is 18.5. The molecule has 3 aliphatic rings. The molecular formula is C26H34N4O. The fourth-order valence-corrected chi connectivity index (χ4v) is 5.77. The molecule has 2 fully saturated rings. The topological polar surface area (TPSA) is 80.9 Å². The van der Waals surface area contributed by atoms with Crippen molar-refractivity contribution in [2.24, 2.45) is 5.92 Å². The lowest BCUT2D eigenvalue weighted by Crippen LogP contribution is -2.22. The Balaban J connectivity index is 1.46. The summed E-state index contributed by atoms with van der Waals surface area (Å²) in [5.74, 6) is 1.75. The first-order valence-electron chi connectivity index (χ1n) is 12.3. The summed E-state index contributed by atoms with van der Waals surface area (Å²) in [6.07, 6.45) is 14.6. The van der Waals surface area contributed by atoms with Crippen LogP contribution in [0, 0.1) is 5.92 Å². The van der Waals surface area contributed by atoms with Gasteiger partial charge in [0.1, 0.15) is 0 Å². The summed E-state index contributed by atoms with van der Waals surface area (Å²) >= 11 is 0. The van der Waals surface area contributed by atoms with E-state index in [0.717, 1.165) is 59.8 Å². The maximum Gasteiger partial charge on any atom is 0.225 e. The number of aryl methyl sites for hydroxylation is 2. The van der Waals surface area contributed by atoms with Gasteiger partial charge in [0, 0.05) is 23.6 Å². The standard InChI is InChI=1S/C26H34N4O/c27-20-12-13-21-19(16-20)11-14-22-25(21)30-24(18-9-5-2-6-10-18)26(28-22)29-23(31)15-17-7-3-1-4-8-17/h12-13,16-18H,1-11,14-15,27H2,(H,28,29,31). The summed E-state index contributed by atoms with van der Waals surface area (Å²) in [4.78, 5) is 23.1. The molecular weight excluding hydrogens is 384 g/mol. The van der Waals surface area contributed by atoms with Gasteiger partial charge in [0.15, 0.2) is 5.82 Å². The minimum absolute atomic E-state index is 0.113. The average Bonchev–Trinajstić information content (AvgIpc) is 2.79. The molecule has 0 bridgehead atoms. The quantitative estimate of drug-likeness (QED) is 0.617. The van der Waals surface area contributed by atoms with E-state index in [0.29, 0.717) is 18.3 Å². The molecule has 5 nitrogen and oxygen atoms in total. The molecule has 1 aromatic carbocycles. The number of carbonyl (C=O) groups is 1. The molecule has 1 heterocycles. The van der Waals surface area contributed by atoms with Crippen LogP contribution in [-0.2, 0) is 17.6 Å². The van der Waals surface area contributed by atoms with Gasteiger partial charge in [-0.2, -0.15) is 0 Å². The smallest absolute Gasteiger partial charge is 0.225 e. The second kappa shape index (κ2) is 8.97. The Bertz CT molecular complexity index is 958. The van der Waals surface area contributed by atoms with Crippen LogP contribution in [0.2, 0.25) is 0 Å². The molecule has 164 valence electrons. The maximum absolute atomic E-state index is 12.9. The zero-order valence-corrected chi connectivity index (χ0v) is 18.5.